The Morgan fingerprint density at radius 3 is 2.76 bits per heavy atom. The zero-order valence-electron chi connectivity index (χ0n) is 9.67. The van der Waals surface area contributed by atoms with Gasteiger partial charge in [0.25, 0.3) is 0 Å². The molecule has 3 N–H and O–H groups in total. The van der Waals surface area contributed by atoms with Gasteiger partial charge in [0.15, 0.2) is 0 Å². The Morgan fingerprint density at radius 1 is 1.29 bits per heavy atom. The second-order valence-electron chi connectivity index (χ2n) is 3.87. The molecule has 5 nitrogen and oxygen atoms in total. The second kappa shape index (κ2) is 5.47. The predicted octanol–water partition coefficient (Wildman–Crippen LogP) is 0.927. The van der Waals surface area contributed by atoms with Gasteiger partial charge in [-0.15, -0.1) is 0 Å². The second-order valence-corrected chi connectivity index (χ2v) is 3.87. The van der Waals surface area contributed by atoms with Crippen molar-refractivity contribution in [3.8, 4) is 0 Å². The molecule has 0 aromatic carbocycles. The molecule has 0 aliphatic heterocycles. The molecule has 0 bridgehead atoms. The van der Waals surface area contributed by atoms with Crippen molar-refractivity contribution in [2.45, 2.75) is 19.4 Å². The quantitative estimate of drug-likeness (QED) is 0.602. The van der Waals surface area contributed by atoms with Crippen LogP contribution in [-0.2, 0) is 6.42 Å². The van der Waals surface area contributed by atoms with Crippen LogP contribution in [0.2, 0.25) is 0 Å². The van der Waals surface area contributed by atoms with E-state index in [9.17, 15) is 0 Å². The first-order chi connectivity index (χ1) is 8.29. The summed E-state index contributed by atoms with van der Waals surface area (Å²) in [7, 11) is 0. The van der Waals surface area contributed by atoms with Gasteiger partial charge in [-0.2, -0.15) is 0 Å². The number of hydrogen-bond donors (Lipinski definition) is 2. The minimum absolute atomic E-state index is 0.0488. The first-order valence-electron chi connectivity index (χ1n) is 5.43. The van der Waals surface area contributed by atoms with Gasteiger partial charge in [-0.25, -0.2) is 0 Å². The number of nitrogens with one attached hydrogen (secondary N) is 1. The average molecular weight is 229 g/mol. The van der Waals surface area contributed by atoms with E-state index in [0.717, 1.165) is 23.4 Å². The number of nitrogens with two attached hydrogens (primary N) is 1. The molecule has 2 rings (SSSR count). The highest BCUT2D eigenvalue weighted by molar-refractivity contribution is 5.14. The Bertz CT molecular complexity index is 454. The van der Waals surface area contributed by atoms with Gasteiger partial charge in [-0.1, -0.05) is 6.07 Å². The molecule has 0 saturated carbocycles. The molecule has 0 fully saturated rings. The van der Waals surface area contributed by atoms with Crippen LogP contribution >= 0.6 is 0 Å². The van der Waals surface area contributed by atoms with Crippen molar-refractivity contribution < 1.29 is 0 Å². The summed E-state index contributed by atoms with van der Waals surface area (Å²) in [6, 6.07) is 3.87. The number of pyridine rings is 1. The summed E-state index contributed by atoms with van der Waals surface area (Å²) in [4.78, 5) is 12.6. The van der Waals surface area contributed by atoms with Crippen molar-refractivity contribution in [2.75, 3.05) is 0 Å². The van der Waals surface area contributed by atoms with Gasteiger partial charge in [0, 0.05) is 18.6 Å². The third-order valence-electron chi connectivity index (χ3n) is 2.52. The summed E-state index contributed by atoms with van der Waals surface area (Å²) in [5.74, 6) is 5.55. The molecular formula is C12H15N5. The fourth-order valence-corrected chi connectivity index (χ4v) is 1.59. The Morgan fingerprint density at radius 2 is 2.18 bits per heavy atom. The zero-order valence-corrected chi connectivity index (χ0v) is 9.67. The molecule has 0 aliphatic rings. The minimum atomic E-state index is -0.0488. The largest absolute Gasteiger partial charge is 0.271 e. The van der Waals surface area contributed by atoms with Crippen LogP contribution in [0.15, 0.2) is 36.9 Å². The van der Waals surface area contributed by atoms with Crippen LogP contribution in [0.25, 0.3) is 0 Å². The monoisotopic (exact) mass is 229 g/mol. The molecule has 0 saturated heterocycles. The lowest BCUT2D eigenvalue weighted by atomic mass is 10.1. The van der Waals surface area contributed by atoms with Gasteiger partial charge in [-0.3, -0.25) is 26.2 Å². The van der Waals surface area contributed by atoms with E-state index >= 15 is 0 Å². The first kappa shape index (κ1) is 11.6. The third kappa shape index (κ3) is 3.05. The van der Waals surface area contributed by atoms with E-state index < -0.39 is 0 Å². The molecule has 88 valence electrons. The highest BCUT2D eigenvalue weighted by atomic mass is 15.2. The van der Waals surface area contributed by atoms with Crippen LogP contribution in [0.4, 0.5) is 0 Å². The van der Waals surface area contributed by atoms with Crippen LogP contribution in [0.5, 0.6) is 0 Å². The van der Waals surface area contributed by atoms with Crippen molar-refractivity contribution in [3.63, 3.8) is 0 Å². The standard InChI is InChI=1S/C12H15N5/c1-9-6-16-12(8-15-9)11(17-13)5-10-3-2-4-14-7-10/h2-4,6-8,11,17H,5,13H2,1H3. The van der Waals surface area contributed by atoms with E-state index in [2.05, 4.69) is 20.4 Å². The maximum absolute atomic E-state index is 5.55. The van der Waals surface area contributed by atoms with Gasteiger partial charge in [0.1, 0.15) is 0 Å². The van der Waals surface area contributed by atoms with Crippen LogP contribution in [0.1, 0.15) is 23.0 Å². The summed E-state index contributed by atoms with van der Waals surface area (Å²) in [6.45, 7) is 1.91. The van der Waals surface area contributed by atoms with E-state index in [1.165, 1.54) is 0 Å². The van der Waals surface area contributed by atoms with E-state index in [0.29, 0.717) is 0 Å². The summed E-state index contributed by atoms with van der Waals surface area (Å²) < 4.78 is 0. The summed E-state index contributed by atoms with van der Waals surface area (Å²) in [6.07, 6.45) is 7.80. The van der Waals surface area contributed by atoms with Crippen molar-refractivity contribution in [2.24, 2.45) is 5.84 Å². The van der Waals surface area contributed by atoms with Gasteiger partial charge in [-0.05, 0) is 25.0 Å². The lowest BCUT2D eigenvalue weighted by Gasteiger charge is -2.14. The molecule has 17 heavy (non-hydrogen) atoms. The molecule has 2 aromatic rings. The molecule has 2 heterocycles. The van der Waals surface area contributed by atoms with Crippen LogP contribution in [-0.4, -0.2) is 15.0 Å². The van der Waals surface area contributed by atoms with Gasteiger partial charge in [0.2, 0.25) is 0 Å². The van der Waals surface area contributed by atoms with Gasteiger partial charge in [0.05, 0.1) is 23.6 Å². The lowest BCUT2D eigenvalue weighted by molar-refractivity contribution is 0.535. The number of nitrogens with zero attached hydrogens (tertiary/aromatic N) is 3. The maximum Gasteiger partial charge on any atom is 0.0773 e. The fourth-order valence-electron chi connectivity index (χ4n) is 1.59. The Balaban J connectivity index is 2.14. The third-order valence-corrected chi connectivity index (χ3v) is 2.52. The van der Waals surface area contributed by atoms with Crippen LogP contribution in [0.3, 0.4) is 0 Å². The fraction of sp³-hybridized carbons (Fsp3) is 0.250. The highest BCUT2D eigenvalue weighted by Gasteiger charge is 2.12. The van der Waals surface area contributed by atoms with Crippen molar-refractivity contribution in [1.29, 1.82) is 0 Å². The number of rotatable bonds is 4. The molecule has 1 unspecified atom stereocenters. The van der Waals surface area contributed by atoms with Crippen molar-refractivity contribution in [3.05, 3.63) is 53.9 Å². The number of aryl methyl sites for hydroxylation is 1. The Kier molecular flexibility index (Phi) is 3.74. The number of aromatic nitrogens is 3. The average Bonchev–Trinajstić information content (AvgIpc) is 2.38. The molecule has 0 aliphatic carbocycles. The minimum Gasteiger partial charge on any atom is -0.271 e. The SMILES string of the molecule is Cc1cnc(C(Cc2cccnc2)NN)cn1. The number of hydrazine groups is 1. The molecule has 5 heteroatoms. The molecule has 2 aromatic heterocycles. The zero-order chi connectivity index (χ0) is 12.1. The topological polar surface area (TPSA) is 76.7 Å². The van der Waals surface area contributed by atoms with E-state index in [-0.39, 0.29) is 6.04 Å². The smallest absolute Gasteiger partial charge is 0.0773 e. The molecule has 0 radical (unpaired) electrons. The summed E-state index contributed by atoms with van der Waals surface area (Å²) >= 11 is 0. The van der Waals surface area contributed by atoms with Crippen LogP contribution in [0, 0.1) is 6.92 Å². The lowest BCUT2D eigenvalue weighted by Crippen LogP contribution is -2.30. The Hall–Kier alpha value is -1.85. The van der Waals surface area contributed by atoms with E-state index in [1.54, 1.807) is 18.6 Å². The van der Waals surface area contributed by atoms with E-state index in [1.807, 2.05) is 25.3 Å². The summed E-state index contributed by atoms with van der Waals surface area (Å²) in [5, 5.41) is 0. The van der Waals surface area contributed by atoms with E-state index in [4.69, 9.17) is 5.84 Å². The first-order valence-corrected chi connectivity index (χ1v) is 5.43. The van der Waals surface area contributed by atoms with Crippen molar-refractivity contribution in [1.82, 2.24) is 20.4 Å². The molecule has 1 atom stereocenters. The predicted molar refractivity (Wildman–Crippen MR) is 64.8 cm³/mol. The van der Waals surface area contributed by atoms with Crippen LogP contribution < -0.4 is 11.3 Å². The normalized spacial score (nSPS) is 12.4. The van der Waals surface area contributed by atoms with Crippen molar-refractivity contribution >= 4 is 0 Å². The highest BCUT2D eigenvalue weighted by Crippen LogP contribution is 2.14. The summed E-state index contributed by atoms with van der Waals surface area (Å²) in [5.41, 5.74) is 5.59. The number of hydrogen-bond acceptors (Lipinski definition) is 5. The maximum atomic E-state index is 5.55. The Labute approximate surface area is 100 Å². The molecule has 0 spiro atoms. The van der Waals surface area contributed by atoms with Gasteiger partial charge < -0.3 is 0 Å². The van der Waals surface area contributed by atoms with Gasteiger partial charge >= 0.3 is 0 Å². The molecule has 0 amide bonds. The molecular weight excluding hydrogens is 214 g/mol.